The van der Waals surface area contributed by atoms with Gasteiger partial charge in [-0.05, 0) is 60.8 Å². The van der Waals surface area contributed by atoms with Crippen molar-refractivity contribution < 1.29 is 4.39 Å². The summed E-state index contributed by atoms with van der Waals surface area (Å²) in [5, 5.41) is 0. The van der Waals surface area contributed by atoms with Crippen LogP contribution in [0.5, 0.6) is 0 Å². The van der Waals surface area contributed by atoms with Gasteiger partial charge in [0.1, 0.15) is 5.82 Å². The zero-order valence-corrected chi connectivity index (χ0v) is 12.5. The average Bonchev–Trinajstić information content (AvgIpc) is 2.27. The van der Waals surface area contributed by atoms with Gasteiger partial charge in [0, 0.05) is 5.54 Å². The predicted octanol–water partition coefficient (Wildman–Crippen LogP) is 4.38. The average molecular weight is 263 g/mol. The molecule has 2 N–H and O–H groups in total. The lowest BCUT2D eigenvalue weighted by Crippen LogP contribution is -2.50. The molecular weight excluding hydrogens is 237 g/mol. The van der Waals surface area contributed by atoms with E-state index in [0.29, 0.717) is 17.8 Å². The first-order valence-corrected chi connectivity index (χ1v) is 7.40. The molecule has 0 heterocycles. The molecule has 1 nitrogen and oxygen atoms in total. The molecule has 1 aromatic rings. The molecule has 0 bridgehead atoms. The van der Waals surface area contributed by atoms with Crippen LogP contribution in [0, 0.1) is 30.5 Å². The summed E-state index contributed by atoms with van der Waals surface area (Å²) in [7, 11) is 0. The van der Waals surface area contributed by atoms with Crippen LogP contribution in [0.25, 0.3) is 0 Å². The lowest BCUT2D eigenvalue weighted by atomic mass is 9.62. The molecule has 19 heavy (non-hydrogen) atoms. The molecular formula is C17H26FN. The van der Waals surface area contributed by atoms with Crippen LogP contribution in [0.4, 0.5) is 4.39 Å². The molecule has 1 aliphatic rings. The topological polar surface area (TPSA) is 26.0 Å². The summed E-state index contributed by atoms with van der Waals surface area (Å²) < 4.78 is 13.3. The maximum absolute atomic E-state index is 13.3. The normalized spacial score (nSPS) is 31.7. The summed E-state index contributed by atoms with van der Waals surface area (Å²) in [5.74, 6) is 1.51. The minimum Gasteiger partial charge on any atom is -0.321 e. The van der Waals surface area contributed by atoms with Crippen molar-refractivity contribution in [1.82, 2.24) is 0 Å². The molecule has 0 radical (unpaired) electrons. The van der Waals surface area contributed by atoms with E-state index in [1.165, 1.54) is 12.8 Å². The lowest BCUT2D eigenvalue weighted by molar-refractivity contribution is 0.108. The molecule has 0 spiro atoms. The summed E-state index contributed by atoms with van der Waals surface area (Å²) in [5.41, 5.74) is 8.67. The second-order valence-electron chi connectivity index (χ2n) is 6.74. The Morgan fingerprint density at radius 1 is 1.32 bits per heavy atom. The number of aryl methyl sites for hydroxylation is 1. The van der Waals surface area contributed by atoms with Gasteiger partial charge in [0.2, 0.25) is 0 Å². The fourth-order valence-corrected chi connectivity index (χ4v) is 3.94. The van der Waals surface area contributed by atoms with Gasteiger partial charge in [0.25, 0.3) is 0 Å². The molecule has 0 amide bonds. The zero-order chi connectivity index (χ0) is 14.2. The van der Waals surface area contributed by atoms with E-state index < -0.39 is 0 Å². The molecule has 0 aliphatic heterocycles. The summed E-state index contributed by atoms with van der Waals surface area (Å²) in [4.78, 5) is 0. The van der Waals surface area contributed by atoms with E-state index in [9.17, 15) is 4.39 Å². The maximum atomic E-state index is 13.3. The maximum Gasteiger partial charge on any atom is 0.123 e. The molecule has 3 atom stereocenters. The first-order chi connectivity index (χ1) is 8.84. The van der Waals surface area contributed by atoms with E-state index in [1.807, 2.05) is 13.0 Å². The number of rotatable bonds is 2. The summed E-state index contributed by atoms with van der Waals surface area (Å²) in [6.07, 6.45) is 3.43. The summed E-state index contributed by atoms with van der Waals surface area (Å²) in [6.45, 7) is 8.75. The van der Waals surface area contributed by atoms with Crippen molar-refractivity contribution in [3.05, 3.63) is 35.1 Å². The van der Waals surface area contributed by atoms with Crippen LogP contribution in [0.1, 0.15) is 51.2 Å². The highest BCUT2D eigenvalue weighted by Gasteiger charge is 2.43. The number of benzene rings is 1. The molecule has 3 unspecified atom stereocenters. The highest BCUT2D eigenvalue weighted by atomic mass is 19.1. The Bertz CT molecular complexity index is 455. The van der Waals surface area contributed by atoms with Crippen molar-refractivity contribution in [2.75, 3.05) is 0 Å². The molecule has 2 heteroatoms. The Morgan fingerprint density at radius 2 is 2.00 bits per heavy atom. The van der Waals surface area contributed by atoms with Gasteiger partial charge in [0.05, 0.1) is 0 Å². The molecule has 1 aliphatic carbocycles. The summed E-state index contributed by atoms with van der Waals surface area (Å²) >= 11 is 0. The molecule has 1 fully saturated rings. The van der Waals surface area contributed by atoms with E-state index in [-0.39, 0.29) is 11.4 Å². The van der Waals surface area contributed by atoms with Crippen LogP contribution < -0.4 is 5.73 Å². The van der Waals surface area contributed by atoms with Gasteiger partial charge in [-0.15, -0.1) is 0 Å². The van der Waals surface area contributed by atoms with Crippen molar-refractivity contribution >= 4 is 0 Å². The van der Waals surface area contributed by atoms with Crippen LogP contribution >= 0.6 is 0 Å². The van der Waals surface area contributed by atoms with Gasteiger partial charge in [-0.25, -0.2) is 4.39 Å². The van der Waals surface area contributed by atoms with Crippen LogP contribution in [0.2, 0.25) is 0 Å². The third-order valence-electron chi connectivity index (χ3n) is 4.81. The lowest BCUT2D eigenvalue weighted by Gasteiger charge is -2.47. The standard InChI is InChI=1S/C17H26FN/c1-11(2)15-7-5-12(3)10-17(15,19)16-8-6-14(18)9-13(16)4/h6,8-9,11-12,15H,5,7,10,19H2,1-4H3. The zero-order valence-electron chi connectivity index (χ0n) is 12.5. The molecule has 106 valence electrons. The van der Waals surface area contributed by atoms with Crippen molar-refractivity contribution in [1.29, 1.82) is 0 Å². The van der Waals surface area contributed by atoms with E-state index >= 15 is 0 Å². The largest absolute Gasteiger partial charge is 0.321 e. The molecule has 0 aromatic heterocycles. The van der Waals surface area contributed by atoms with Crippen LogP contribution in [-0.4, -0.2) is 0 Å². The Hall–Kier alpha value is -0.890. The Kier molecular flexibility index (Phi) is 4.00. The van der Waals surface area contributed by atoms with Gasteiger partial charge >= 0.3 is 0 Å². The Labute approximate surface area is 116 Å². The fraction of sp³-hybridized carbons (Fsp3) is 0.647. The van der Waals surface area contributed by atoms with Crippen molar-refractivity contribution in [2.45, 2.75) is 52.5 Å². The van der Waals surface area contributed by atoms with Gasteiger partial charge in [-0.2, -0.15) is 0 Å². The SMILES string of the molecule is Cc1cc(F)ccc1C1(N)CC(C)CCC1C(C)C. The molecule has 1 aromatic carbocycles. The number of hydrogen-bond donors (Lipinski definition) is 1. The molecule has 0 saturated heterocycles. The highest BCUT2D eigenvalue weighted by Crippen LogP contribution is 2.46. The highest BCUT2D eigenvalue weighted by molar-refractivity contribution is 5.34. The van der Waals surface area contributed by atoms with E-state index in [1.54, 1.807) is 12.1 Å². The van der Waals surface area contributed by atoms with Crippen molar-refractivity contribution in [2.24, 2.45) is 23.5 Å². The molecule has 2 rings (SSSR count). The number of nitrogens with two attached hydrogens (primary N) is 1. The van der Waals surface area contributed by atoms with Crippen LogP contribution in [-0.2, 0) is 5.54 Å². The number of halogens is 1. The van der Waals surface area contributed by atoms with Crippen molar-refractivity contribution in [3.63, 3.8) is 0 Å². The second kappa shape index (κ2) is 5.24. The first kappa shape index (κ1) is 14.5. The fourth-order valence-electron chi connectivity index (χ4n) is 3.94. The Balaban J connectivity index is 2.46. The van der Waals surface area contributed by atoms with Gasteiger partial charge < -0.3 is 5.73 Å². The van der Waals surface area contributed by atoms with Crippen molar-refractivity contribution in [3.8, 4) is 0 Å². The quantitative estimate of drug-likeness (QED) is 0.842. The van der Waals surface area contributed by atoms with Gasteiger partial charge in [0.15, 0.2) is 0 Å². The van der Waals surface area contributed by atoms with Crippen LogP contribution in [0.3, 0.4) is 0 Å². The summed E-state index contributed by atoms with van der Waals surface area (Å²) in [6, 6.07) is 5.06. The minimum atomic E-state index is -0.302. The predicted molar refractivity (Wildman–Crippen MR) is 78.3 cm³/mol. The third-order valence-corrected chi connectivity index (χ3v) is 4.81. The molecule has 1 saturated carbocycles. The van der Waals surface area contributed by atoms with E-state index in [2.05, 4.69) is 20.8 Å². The minimum absolute atomic E-state index is 0.171. The second-order valence-corrected chi connectivity index (χ2v) is 6.74. The van der Waals surface area contributed by atoms with Crippen LogP contribution in [0.15, 0.2) is 18.2 Å². The first-order valence-electron chi connectivity index (χ1n) is 7.40. The van der Waals surface area contributed by atoms with Gasteiger partial charge in [-0.3, -0.25) is 0 Å². The van der Waals surface area contributed by atoms with E-state index in [4.69, 9.17) is 5.73 Å². The third kappa shape index (κ3) is 2.69. The van der Waals surface area contributed by atoms with Gasteiger partial charge in [-0.1, -0.05) is 33.3 Å². The van der Waals surface area contributed by atoms with E-state index in [0.717, 1.165) is 17.5 Å². The Morgan fingerprint density at radius 3 is 2.58 bits per heavy atom. The monoisotopic (exact) mass is 263 g/mol. The smallest absolute Gasteiger partial charge is 0.123 e. The number of hydrogen-bond acceptors (Lipinski definition) is 1.